The lowest BCUT2D eigenvalue weighted by Gasteiger charge is -2.17. The molecule has 0 radical (unpaired) electrons. The summed E-state index contributed by atoms with van der Waals surface area (Å²) in [6, 6.07) is 0. The van der Waals surface area contributed by atoms with Crippen LogP contribution in [0.5, 0.6) is 0 Å². The molecule has 1 fully saturated rings. The maximum absolute atomic E-state index is 13.1. The van der Waals surface area contributed by atoms with Crippen LogP contribution in [0.25, 0.3) is 4.83 Å². The maximum Gasteiger partial charge on any atom is 0.427 e. The van der Waals surface area contributed by atoms with Gasteiger partial charge in [-0.15, -0.1) is 11.3 Å². The Morgan fingerprint density at radius 2 is 2.10 bits per heavy atom. The van der Waals surface area contributed by atoms with E-state index in [-0.39, 0.29) is 5.69 Å². The van der Waals surface area contributed by atoms with Crippen LogP contribution in [0.2, 0.25) is 0 Å². The zero-order chi connectivity index (χ0) is 14.3. The van der Waals surface area contributed by atoms with Crippen molar-refractivity contribution in [1.29, 1.82) is 0 Å². The number of nitrogens with zero attached hydrogens (tertiary/aromatic N) is 2. The summed E-state index contributed by atoms with van der Waals surface area (Å²) in [6.07, 6.45) is 1.81. The molecule has 0 aliphatic heterocycles. The number of halogens is 3. The first-order valence-electron chi connectivity index (χ1n) is 6.67. The second-order valence-corrected chi connectivity index (χ2v) is 6.35. The number of aromatic nitrogens is 2. The van der Waals surface area contributed by atoms with Crippen LogP contribution in [-0.2, 0) is 6.18 Å². The summed E-state index contributed by atoms with van der Waals surface area (Å²) in [5, 5.41) is 10.3. The summed E-state index contributed by atoms with van der Waals surface area (Å²) in [7, 11) is 0. The number of rotatable bonds is 3. The Morgan fingerprint density at radius 3 is 2.75 bits per heavy atom. The molecular formula is C13H15F3N2OS. The van der Waals surface area contributed by atoms with Gasteiger partial charge in [0.2, 0.25) is 0 Å². The maximum atomic E-state index is 13.1. The van der Waals surface area contributed by atoms with Gasteiger partial charge < -0.3 is 5.11 Å². The highest BCUT2D eigenvalue weighted by Gasteiger charge is 2.39. The standard InChI is InChI=1S/C13H15F3N2OS/c14-13(15,16)12-11(18-7-17-6-10(18)20-12)9(19)5-8-3-1-2-4-8/h6-9,19H,1-5H2. The van der Waals surface area contributed by atoms with Gasteiger partial charge in [0.25, 0.3) is 0 Å². The van der Waals surface area contributed by atoms with Crippen LogP contribution in [0.3, 0.4) is 0 Å². The van der Waals surface area contributed by atoms with E-state index >= 15 is 0 Å². The van der Waals surface area contributed by atoms with E-state index in [0.29, 0.717) is 28.5 Å². The molecule has 3 nitrogen and oxygen atoms in total. The highest BCUT2D eigenvalue weighted by atomic mass is 32.1. The summed E-state index contributed by atoms with van der Waals surface area (Å²) < 4.78 is 40.7. The molecule has 1 atom stereocenters. The van der Waals surface area contributed by atoms with E-state index in [0.717, 1.165) is 25.7 Å². The number of imidazole rings is 1. The second kappa shape index (κ2) is 5.04. The van der Waals surface area contributed by atoms with Gasteiger partial charge in [0.05, 0.1) is 18.0 Å². The molecule has 0 aromatic carbocycles. The third-order valence-electron chi connectivity index (χ3n) is 3.91. The van der Waals surface area contributed by atoms with Crippen LogP contribution < -0.4 is 0 Å². The van der Waals surface area contributed by atoms with Crippen molar-refractivity contribution in [3.05, 3.63) is 23.1 Å². The first-order chi connectivity index (χ1) is 9.47. The second-order valence-electron chi connectivity index (χ2n) is 5.32. The first kappa shape index (κ1) is 13.9. The van der Waals surface area contributed by atoms with E-state index in [4.69, 9.17) is 0 Å². The summed E-state index contributed by atoms with van der Waals surface area (Å²) in [6.45, 7) is 0. The van der Waals surface area contributed by atoms with Crippen molar-refractivity contribution in [2.75, 3.05) is 0 Å². The van der Waals surface area contributed by atoms with Gasteiger partial charge in [0, 0.05) is 0 Å². The SMILES string of the molecule is OC(CC1CCCC1)c1c(C(F)(F)F)sc2cncn12. The van der Waals surface area contributed by atoms with Gasteiger partial charge in [-0.05, 0) is 12.3 Å². The van der Waals surface area contributed by atoms with Crippen molar-refractivity contribution in [2.45, 2.75) is 44.4 Å². The van der Waals surface area contributed by atoms with Crippen LogP contribution >= 0.6 is 11.3 Å². The fourth-order valence-electron chi connectivity index (χ4n) is 2.99. The Balaban J connectivity index is 1.96. The highest BCUT2D eigenvalue weighted by molar-refractivity contribution is 7.17. The number of fused-ring (bicyclic) bond motifs is 1. The lowest BCUT2D eigenvalue weighted by atomic mass is 9.98. The number of hydrogen-bond donors (Lipinski definition) is 1. The normalized spacial score (nSPS) is 19.0. The van der Waals surface area contributed by atoms with Crippen LogP contribution in [0, 0.1) is 5.92 Å². The zero-order valence-corrected chi connectivity index (χ0v) is 11.5. The molecule has 2 heterocycles. The molecule has 2 aromatic rings. The highest BCUT2D eigenvalue weighted by Crippen LogP contribution is 2.43. The van der Waals surface area contributed by atoms with Crippen molar-refractivity contribution in [3.8, 4) is 0 Å². The smallest absolute Gasteiger partial charge is 0.387 e. The Morgan fingerprint density at radius 1 is 1.40 bits per heavy atom. The van der Waals surface area contributed by atoms with E-state index in [1.54, 1.807) is 0 Å². The Bertz CT molecular complexity index is 598. The molecule has 1 aliphatic carbocycles. The molecule has 20 heavy (non-hydrogen) atoms. The topological polar surface area (TPSA) is 37.5 Å². The van der Waals surface area contributed by atoms with E-state index in [9.17, 15) is 18.3 Å². The molecule has 0 saturated heterocycles. The molecule has 0 bridgehead atoms. The molecule has 1 unspecified atom stereocenters. The van der Waals surface area contributed by atoms with Gasteiger partial charge in [-0.2, -0.15) is 13.2 Å². The molecule has 2 aromatic heterocycles. The monoisotopic (exact) mass is 304 g/mol. The minimum atomic E-state index is -4.43. The fraction of sp³-hybridized carbons (Fsp3) is 0.615. The van der Waals surface area contributed by atoms with Crippen molar-refractivity contribution < 1.29 is 18.3 Å². The van der Waals surface area contributed by atoms with E-state index in [1.807, 2.05) is 0 Å². The third kappa shape index (κ3) is 2.44. The minimum Gasteiger partial charge on any atom is -0.387 e. The molecule has 7 heteroatoms. The molecule has 1 aliphatic rings. The first-order valence-corrected chi connectivity index (χ1v) is 7.48. The quantitative estimate of drug-likeness (QED) is 0.929. The minimum absolute atomic E-state index is 0.0538. The predicted octanol–water partition coefficient (Wildman–Crippen LogP) is 4.03. The fourth-order valence-corrected chi connectivity index (χ4v) is 4.02. The number of aliphatic hydroxyl groups is 1. The van der Waals surface area contributed by atoms with Gasteiger partial charge in [0.15, 0.2) is 0 Å². The lowest BCUT2D eigenvalue weighted by molar-refractivity contribution is -0.136. The van der Waals surface area contributed by atoms with Crippen molar-refractivity contribution >= 4 is 16.2 Å². The average Bonchev–Trinajstić information content (AvgIpc) is 3.01. The van der Waals surface area contributed by atoms with E-state index in [1.165, 1.54) is 16.9 Å². The summed E-state index contributed by atoms with van der Waals surface area (Å²) in [4.78, 5) is 3.56. The Hall–Kier alpha value is -1.08. The van der Waals surface area contributed by atoms with Crippen molar-refractivity contribution in [1.82, 2.24) is 9.38 Å². The predicted molar refractivity (Wildman–Crippen MR) is 69.6 cm³/mol. The zero-order valence-electron chi connectivity index (χ0n) is 10.7. The molecular weight excluding hydrogens is 289 g/mol. The van der Waals surface area contributed by atoms with E-state index in [2.05, 4.69) is 4.98 Å². The van der Waals surface area contributed by atoms with Gasteiger partial charge in [-0.3, -0.25) is 4.40 Å². The summed E-state index contributed by atoms with van der Waals surface area (Å²) in [5.74, 6) is 0.324. The van der Waals surface area contributed by atoms with E-state index < -0.39 is 17.2 Å². The van der Waals surface area contributed by atoms with Crippen molar-refractivity contribution in [2.24, 2.45) is 5.92 Å². The van der Waals surface area contributed by atoms with Gasteiger partial charge >= 0.3 is 6.18 Å². The molecule has 0 amide bonds. The Labute approximate surface area is 118 Å². The van der Waals surface area contributed by atoms with Crippen LogP contribution in [0.15, 0.2) is 12.5 Å². The summed E-state index contributed by atoms with van der Waals surface area (Å²) >= 11 is 0.639. The molecule has 0 spiro atoms. The van der Waals surface area contributed by atoms with Crippen molar-refractivity contribution in [3.63, 3.8) is 0 Å². The van der Waals surface area contributed by atoms with Crippen LogP contribution in [0.1, 0.15) is 48.8 Å². The number of hydrogen-bond acceptors (Lipinski definition) is 3. The van der Waals surface area contributed by atoms with Crippen LogP contribution in [0.4, 0.5) is 13.2 Å². The Kier molecular flexibility index (Phi) is 3.50. The molecule has 1 N–H and O–H groups in total. The number of aliphatic hydroxyl groups excluding tert-OH is 1. The molecule has 3 rings (SSSR count). The molecule has 110 valence electrons. The summed E-state index contributed by atoms with van der Waals surface area (Å²) in [5.41, 5.74) is -0.0538. The third-order valence-corrected chi connectivity index (χ3v) is 5.06. The van der Waals surface area contributed by atoms with Gasteiger partial charge in [-0.25, -0.2) is 4.98 Å². The average molecular weight is 304 g/mol. The lowest BCUT2D eigenvalue weighted by Crippen LogP contribution is -2.13. The number of thiazole rings is 1. The largest absolute Gasteiger partial charge is 0.427 e. The number of alkyl halides is 3. The molecule has 1 saturated carbocycles. The van der Waals surface area contributed by atoms with Gasteiger partial charge in [0.1, 0.15) is 16.0 Å². The van der Waals surface area contributed by atoms with Crippen LogP contribution in [-0.4, -0.2) is 14.5 Å². The van der Waals surface area contributed by atoms with Gasteiger partial charge in [-0.1, -0.05) is 25.7 Å².